The second kappa shape index (κ2) is 21.3. The minimum atomic E-state index is -0.942. The van der Waals surface area contributed by atoms with Crippen molar-refractivity contribution in [2.75, 3.05) is 82.6 Å². The monoisotopic (exact) mass is 929 g/mol. The van der Waals surface area contributed by atoms with Crippen molar-refractivity contribution in [2.24, 2.45) is 11.5 Å². The summed E-state index contributed by atoms with van der Waals surface area (Å²) in [5, 5.41) is 8.95. The number of halogens is 1. The maximum atomic E-state index is 14.3. The topological polar surface area (TPSA) is 218 Å². The number of H-pyrrole nitrogens is 1. The van der Waals surface area contributed by atoms with Crippen molar-refractivity contribution in [1.29, 1.82) is 0 Å². The SMILES string of the molecule is Cc1csc2c(OC(=O)N(C)CCN(C)C(=O)OCc3ccc(N[C@@H](CCCN)C(=O)NC(N)=O)cc3)cc3c(c12)[C@H](CCl)CN3C(=O)c1cc2cc(OCCN3CCCC3)ccc2[nH]1. The van der Waals surface area contributed by atoms with Gasteiger partial charge < -0.3 is 50.7 Å². The number of aryl methyl sites for hydroxylation is 1. The fraction of sp³-hybridized carbons (Fsp3) is 0.413. The van der Waals surface area contributed by atoms with E-state index in [1.54, 1.807) is 49.3 Å². The summed E-state index contributed by atoms with van der Waals surface area (Å²) >= 11 is 8.03. The quantitative estimate of drug-likeness (QED) is 0.0593. The molecule has 1 saturated heterocycles. The molecular weight excluding hydrogens is 874 g/mol. The Bertz CT molecular complexity index is 2530. The van der Waals surface area contributed by atoms with Gasteiger partial charge in [0.15, 0.2) is 5.75 Å². The van der Waals surface area contributed by atoms with E-state index in [4.69, 9.17) is 37.3 Å². The van der Waals surface area contributed by atoms with Crippen LogP contribution in [0.1, 0.15) is 58.8 Å². The Morgan fingerprint density at radius 3 is 2.45 bits per heavy atom. The molecule has 2 aromatic heterocycles. The minimum Gasteiger partial charge on any atom is -0.492 e. The lowest BCUT2D eigenvalue weighted by Gasteiger charge is -2.22. The van der Waals surface area contributed by atoms with Crippen LogP contribution < -0.4 is 36.5 Å². The van der Waals surface area contributed by atoms with Gasteiger partial charge in [0.1, 0.15) is 30.7 Å². The number of likely N-dealkylation sites (tertiary alicyclic amines) is 1. The molecule has 6 amide bonds. The molecule has 7 N–H and O–H groups in total. The number of aromatic amines is 1. The average molecular weight is 931 g/mol. The van der Waals surface area contributed by atoms with Crippen molar-refractivity contribution in [2.45, 2.75) is 51.2 Å². The van der Waals surface area contributed by atoms with E-state index in [-0.39, 0.29) is 31.5 Å². The van der Waals surface area contributed by atoms with E-state index >= 15 is 0 Å². The molecule has 2 aliphatic heterocycles. The van der Waals surface area contributed by atoms with Crippen LogP contribution in [0.2, 0.25) is 0 Å². The summed E-state index contributed by atoms with van der Waals surface area (Å²) in [6, 6.07) is 14.6. The van der Waals surface area contributed by atoms with Gasteiger partial charge in [-0.25, -0.2) is 14.4 Å². The highest BCUT2D eigenvalue weighted by atomic mass is 35.5. The Morgan fingerprint density at radius 1 is 1.00 bits per heavy atom. The Kier molecular flexibility index (Phi) is 15.3. The summed E-state index contributed by atoms with van der Waals surface area (Å²) in [5.74, 6) is 0.442. The first-order chi connectivity index (χ1) is 31.3. The molecule has 0 bridgehead atoms. The Balaban J connectivity index is 0.958. The number of carbonyl (C=O) groups excluding carboxylic acids is 5. The summed E-state index contributed by atoms with van der Waals surface area (Å²) in [6.07, 6.45) is 2.18. The lowest BCUT2D eigenvalue weighted by molar-refractivity contribution is -0.120. The van der Waals surface area contributed by atoms with Crippen LogP contribution in [0.4, 0.5) is 25.8 Å². The van der Waals surface area contributed by atoms with Gasteiger partial charge in [0.25, 0.3) is 5.91 Å². The highest BCUT2D eigenvalue weighted by molar-refractivity contribution is 7.17. The molecule has 3 aromatic carbocycles. The van der Waals surface area contributed by atoms with Crippen LogP contribution in [0.5, 0.6) is 11.5 Å². The molecule has 5 aromatic rings. The number of urea groups is 1. The van der Waals surface area contributed by atoms with Crippen molar-refractivity contribution in [3.8, 4) is 11.5 Å². The molecule has 0 radical (unpaired) electrons. The zero-order valence-corrected chi connectivity index (χ0v) is 38.4. The molecule has 0 aliphatic carbocycles. The maximum absolute atomic E-state index is 14.3. The van der Waals surface area contributed by atoms with Gasteiger partial charge in [-0.1, -0.05) is 12.1 Å². The van der Waals surface area contributed by atoms with E-state index in [0.717, 1.165) is 57.5 Å². The van der Waals surface area contributed by atoms with E-state index < -0.39 is 30.2 Å². The third kappa shape index (κ3) is 11.2. The van der Waals surface area contributed by atoms with Gasteiger partial charge in [-0.3, -0.25) is 19.8 Å². The zero-order valence-electron chi connectivity index (χ0n) is 36.8. The summed E-state index contributed by atoms with van der Waals surface area (Å²) in [7, 11) is 3.15. The summed E-state index contributed by atoms with van der Waals surface area (Å²) in [4.78, 5) is 74.6. The number of nitrogens with zero attached hydrogens (tertiary/aromatic N) is 4. The van der Waals surface area contributed by atoms with Crippen molar-refractivity contribution < 1.29 is 38.2 Å². The van der Waals surface area contributed by atoms with Gasteiger partial charge in [-0.15, -0.1) is 22.9 Å². The van der Waals surface area contributed by atoms with E-state index in [9.17, 15) is 24.0 Å². The molecule has 0 spiro atoms. The largest absolute Gasteiger partial charge is 0.492 e. The number of alkyl halides is 1. The number of anilines is 2. The summed E-state index contributed by atoms with van der Waals surface area (Å²) in [6.45, 7) is 6.70. The number of thiophene rings is 1. The van der Waals surface area contributed by atoms with E-state index in [2.05, 4.69) is 20.5 Å². The number of nitrogens with two attached hydrogens (primary N) is 2. The molecular formula is C46H56ClN9O8S. The number of fused-ring (bicyclic) bond motifs is 4. The van der Waals surface area contributed by atoms with Crippen LogP contribution in [0, 0.1) is 6.92 Å². The Hall–Kier alpha value is -6.08. The standard InChI is InChI=1S/C46H56ClN9O8S/c1-28-27-65-41-38(64-46(61)54(3)18-17-53(2)45(60)63-26-29-8-10-32(11-9-29)50-35(7-6-14-48)42(57)52-44(49)59)23-37-40(39(28)41)31(24-47)25-56(37)43(58)36-22-30-21-33(12-13-34(30)51-36)62-20-19-55-15-4-5-16-55/h8-13,21-23,27,31,35,50-51H,4-7,14-20,24-26,48H2,1-3H3,(H3,49,52,57,59)/t31-,35+/m1/s1. The van der Waals surface area contributed by atoms with Gasteiger partial charge in [0, 0.05) is 80.1 Å². The number of nitrogens with one attached hydrogen (secondary N) is 3. The number of likely N-dealkylation sites (N-methyl/N-ethyl adjacent to an activating group) is 2. The lowest BCUT2D eigenvalue weighted by Crippen LogP contribution is -2.45. The van der Waals surface area contributed by atoms with Gasteiger partial charge in [-0.05, 0) is 111 Å². The van der Waals surface area contributed by atoms with Crippen LogP contribution in [-0.2, 0) is 16.1 Å². The predicted octanol–water partition coefficient (Wildman–Crippen LogP) is 6.56. The molecule has 19 heteroatoms. The van der Waals surface area contributed by atoms with E-state index in [1.807, 2.05) is 36.6 Å². The normalized spacial score (nSPS) is 15.2. The molecule has 0 saturated carbocycles. The number of primary amides is 1. The van der Waals surface area contributed by atoms with Gasteiger partial charge in [0.05, 0.1) is 10.4 Å². The summed E-state index contributed by atoms with van der Waals surface area (Å²) in [5.41, 5.74) is 15.8. The number of hydrogen-bond acceptors (Lipinski definition) is 12. The van der Waals surface area contributed by atoms with Gasteiger partial charge in [-0.2, -0.15) is 0 Å². The highest BCUT2D eigenvalue weighted by Gasteiger charge is 2.37. The van der Waals surface area contributed by atoms with E-state index in [1.165, 1.54) is 34.0 Å². The van der Waals surface area contributed by atoms with Crippen LogP contribution in [-0.4, -0.2) is 128 Å². The molecule has 17 nitrogen and oxygen atoms in total. The number of imide groups is 1. The van der Waals surface area contributed by atoms with Crippen molar-refractivity contribution in [3.63, 3.8) is 0 Å². The summed E-state index contributed by atoms with van der Waals surface area (Å²) < 4.78 is 18.4. The molecule has 2 atom stereocenters. The van der Waals surface area contributed by atoms with Crippen LogP contribution in [0.15, 0.2) is 60.0 Å². The van der Waals surface area contributed by atoms with E-state index in [0.29, 0.717) is 66.8 Å². The first-order valence-electron chi connectivity index (χ1n) is 21.7. The molecule has 4 heterocycles. The first kappa shape index (κ1) is 46.9. The number of rotatable bonds is 18. The fourth-order valence-electron chi connectivity index (χ4n) is 8.16. The first-order valence-corrected chi connectivity index (χ1v) is 23.1. The smallest absolute Gasteiger partial charge is 0.415 e. The van der Waals surface area contributed by atoms with Crippen LogP contribution in [0.25, 0.3) is 21.0 Å². The van der Waals surface area contributed by atoms with Crippen LogP contribution >= 0.6 is 22.9 Å². The van der Waals surface area contributed by atoms with Gasteiger partial charge >= 0.3 is 18.2 Å². The number of hydrogen-bond donors (Lipinski definition) is 5. The Labute approximate surface area is 386 Å². The average Bonchev–Trinajstić information content (AvgIpc) is 4.12. The minimum absolute atomic E-state index is 0.0199. The number of aromatic nitrogens is 1. The fourth-order valence-corrected chi connectivity index (χ4v) is 9.43. The molecule has 65 heavy (non-hydrogen) atoms. The number of ether oxygens (including phenoxy) is 3. The Morgan fingerprint density at radius 2 is 1.74 bits per heavy atom. The number of carbonyl (C=O) groups is 5. The molecule has 0 unspecified atom stereocenters. The second-order valence-electron chi connectivity index (χ2n) is 16.5. The second-order valence-corrected chi connectivity index (χ2v) is 17.7. The number of amides is 6. The van der Waals surface area contributed by atoms with Crippen molar-refractivity contribution >= 4 is 85.3 Å². The molecule has 7 rings (SSSR count). The third-order valence-electron chi connectivity index (χ3n) is 11.8. The predicted molar refractivity (Wildman–Crippen MR) is 253 cm³/mol. The molecule has 346 valence electrons. The van der Waals surface area contributed by atoms with Crippen LogP contribution in [0.3, 0.4) is 0 Å². The van der Waals surface area contributed by atoms with Crippen molar-refractivity contribution in [3.05, 3.63) is 82.4 Å². The highest BCUT2D eigenvalue weighted by Crippen LogP contribution is 2.49. The lowest BCUT2D eigenvalue weighted by atomic mass is 9.97. The molecule has 1 fully saturated rings. The molecule has 2 aliphatic rings. The zero-order chi connectivity index (χ0) is 46.2. The van der Waals surface area contributed by atoms with Gasteiger partial charge in [0.2, 0.25) is 5.91 Å². The third-order valence-corrected chi connectivity index (χ3v) is 13.2. The van der Waals surface area contributed by atoms with Crippen molar-refractivity contribution in [1.82, 2.24) is 25.0 Å². The number of benzene rings is 3. The maximum Gasteiger partial charge on any atom is 0.415 e.